The number of hydrogen-bond acceptors (Lipinski definition) is 6. The largest absolute Gasteiger partial charge is 0.465 e. The normalized spacial score (nSPS) is 28.7. The van der Waals surface area contributed by atoms with E-state index in [1.165, 1.54) is 4.90 Å². The molecule has 2 amide bonds. The Morgan fingerprint density at radius 2 is 1.88 bits per heavy atom. The average molecular weight is 579 g/mol. The third-order valence-electron chi connectivity index (χ3n) is 8.68. The fourth-order valence-electron chi connectivity index (χ4n) is 6.92. The van der Waals surface area contributed by atoms with Crippen molar-refractivity contribution in [2.45, 2.75) is 49.5 Å². The van der Waals surface area contributed by atoms with Gasteiger partial charge in [0.25, 0.3) is 5.91 Å². The number of halogens is 1. The lowest BCUT2D eigenvalue weighted by molar-refractivity contribution is -0.160. The first-order valence-electron chi connectivity index (χ1n) is 13.9. The van der Waals surface area contributed by atoms with E-state index in [1.807, 2.05) is 37.3 Å². The number of aliphatic hydroxyl groups is 1. The van der Waals surface area contributed by atoms with Gasteiger partial charge in [-0.2, -0.15) is 0 Å². The molecule has 6 atom stereocenters. The Hall–Kier alpha value is -3.46. The van der Waals surface area contributed by atoms with Crippen molar-refractivity contribution >= 4 is 35.1 Å². The van der Waals surface area contributed by atoms with E-state index in [0.717, 1.165) is 0 Å². The molecule has 8 nitrogen and oxygen atoms in total. The fourth-order valence-corrected chi connectivity index (χ4v) is 7.04. The Morgan fingerprint density at radius 3 is 2.51 bits per heavy atom. The van der Waals surface area contributed by atoms with E-state index >= 15 is 0 Å². The molecule has 3 heterocycles. The van der Waals surface area contributed by atoms with Gasteiger partial charge in [0.2, 0.25) is 5.91 Å². The molecule has 3 fully saturated rings. The maximum atomic E-state index is 14.7. The van der Waals surface area contributed by atoms with Crippen molar-refractivity contribution in [3.8, 4) is 0 Å². The number of aliphatic hydroxyl groups excluding tert-OH is 1. The van der Waals surface area contributed by atoms with Gasteiger partial charge in [-0.05, 0) is 56.0 Å². The summed E-state index contributed by atoms with van der Waals surface area (Å²) in [5, 5.41) is 11.2. The fraction of sp³-hybridized carbons (Fsp3) is 0.406. The Bertz CT molecular complexity index is 1330. The van der Waals surface area contributed by atoms with Crippen molar-refractivity contribution < 1.29 is 29.0 Å². The number of fused-ring (bicyclic) bond motifs is 1. The van der Waals surface area contributed by atoms with Gasteiger partial charge in [0.1, 0.15) is 17.6 Å². The summed E-state index contributed by atoms with van der Waals surface area (Å²) < 4.78 is 12.3. The lowest BCUT2D eigenvalue weighted by Crippen LogP contribution is -2.57. The number of esters is 1. The van der Waals surface area contributed by atoms with E-state index in [2.05, 4.69) is 13.2 Å². The SMILES string of the molecule is C=CCCOC(=O)[C@H]1[C@H]2C(=O)N([C@H](CO)c3ccccc3)C(C(=O)N(CC=C)c3ccc(Cl)cc3)C23CC[C@]1(C)O3. The minimum absolute atomic E-state index is 0.141. The number of rotatable bonds is 11. The van der Waals surface area contributed by atoms with Crippen molar-refractivity contribution in [1.82, 2.24) is 4.90 Å². The van der Waals surface area contributed by atoms with Crippen LogP contribution in [0.25, 0.3) is 0 Å². The van der Waals surface area contributed by atoms with Crippen LogP contribution in [0.2, 0.25) is 5.02 Å². The van der Waals surface area contributed by atoms with Crippen LogP contribution < -0.4 is 4.90 Å². The summed E-state index contributed by atoms with van der Waals surface area (Å²) >= 11 is 6.13. The van der Waals surface area contributed by atoms with Gasteiger partial charge in [-0.15, -0.1) is 13.2 Å². The topological polar surface area (TPSA) is 96.4 Å². The van der Waals surface area contributed by atoms with E-state index in [1.54, 1.807) is 41.3 Å². The smallest absolute Gasteiger partial charge is 0.312 e. The zero-order valence-corrected chi connectivity index (χ0v) is 23.8. The molecule has 2 unspecified atom stereocenters. The molecule has 3 aliphatic heterocycles. The quantitative estimate of drug-likeness (QED) is 0.240. The third kappa shape index (κ3) is 4.78. The molecule has 1 spiro atoms. The van der Waals surface area contributed by atoms with Crippen LogP contribution in [0.5, 0.6) is 0 Å². The molecular weight excluding hydrogens is 544 g/mol. The third-order valence-corrected chi connectivity index (χ3v) is 8.93. The molecule has 9 heteroatoms. The van der Waals surface area contributed by atoms with Gasteiger partial charge in [0.05, 0.1) is 30.8 Å². The maximum absolute atomic E-state index is 14.7. The van der Waals surface area contributed by atoms with Crippen LogP contribution in [0.4, 0.5) is 5.69 Å². The van der Waals surface area contributed by atoms with Crippen molar-refractivity contribution in [3.05, 3.63) is 90.5 Å². The zero-order chi connectivity index (χ0) is 29.4. The highest BCUT2D eigenvalue weighted by atomic mass is 35.5. The molecule has 2 aromatic rings. The molecule has 5 rings (SSSR count). The Kier molecular flexibility index (Phi) is 8.10. The summed E-state index contributed by atoms with van der Waals surface area (Å²) in [4.78, 5) is 45.7. The van der Waals surface area contributed by atoms with E-state index in [9.17, 15) is 19.5 Å². The highest BCUT2D eigenvalue weighted by Crippen LogP contribution is 2.64. The van der Waals surface area contributed by atoms with Crippen LogP contribution in [-0.4, -0.2) is 64.8 Å². The van der Waals surface area contributed by atoms with E-state index in [4.69, 9.17) is 21.1 Å². The van der Waals surface area contributed by atoms with Gasteiger partial charge in [-0.3, -0.25) is 14.4 Å². The molecule has 0 radical (unpaired) electrons. The molecule has 2 aromatic carbocycles. The lowest BCUT2D eigenvalue weighted by Gasteiger charge is -2.39. The minimum Gasteiger partial charge on any atom is -0.465 e. The van der Waals surface area contributed by atoms with Crippen LogP contribution >= 0.6 is 11.6 Å². The standard InChI is InChI=1S/C32H35ClN2O6/c1-4-6-19-40-30(39)26-25-28(37)35(24(20-36)21-10-8-7-9-11-21)27(32(25)17-16-31(26,3)41-32)29(38)34(18-5-2)23-14-12-22(33)13-15-23/h4-5,7-15,24-27,36H,1-2,6,16-20H2,3H3/t24-,25+,26-,27?,31+,32?/m1/s1. The number of benzene rings is 2. The van der Waals surface area contributed by atoms with Gasteiger partial charge in [-0.25, -0.2) is 0 Å². The Morgan fingerprint density at radius 1 is 1.17 bits per heavy atom. The summed E-state index contributed by atoms with van der Waals surface area (Å²) in [6.45, 7) is 9.22. The van der Waals surface area contributed by atoms with Crippen LogP contribution in [0.15, 0.2) is 79.9 Å². The van der Waals surface area contributed by atoms with Gasteiger partial charge in [0, 0.05) is 17.3 Å². The number of carbonyl (C=O) groups excluding carboxylic acids is 3. The molecule has 216 valence electrons. The molecule has 0 aliphatic carbocycles. The number of hydrogen-bond donors (Lipinski definition) is 1. The van der Waals surface area contributed by atoms with Crippen molar-refractivity contribution in [2.75, 3.05) is 24.7 Å². The van der Waals surface area contributed by atoms with Crippen molar-refractivity contribution in [2.24, 2.45) is 11.8 Å². The second kappa shape index (κ2) is 11.4. The summed E-state index contributed by atoms with van der Waals surface area (Å²) in [6.07, 6.45) is 4.62. The van der Waals surface area contributed by atoms with E-state index < -0.39 is 53.6 Å². The molecule has 0 saturated carbocycles. The summed E-state index contributed by atoms with van der Waals surface area (Å²) in [5.74, 6) is -3.16. The number of amides is 2. The predicted octanol–water partition coefficient (Wildman–Crippen LogP) is 4.48. The van der Waals surface area contributed by atoms with E-state index in [-0.39, 0.29) is 19.1 Å². The van der Waals surface area contributed by atoms with Crippen LogP contribution in [0.1, 0.15) is 37.8 Å². The molecule has 3 aliphatic rings. The highest BCUT2D eigenvalue weighted by molar-refractivity contribution is 6.30. The number of carbonyl (C=O) groups is 3. The summed E-state index contributed by atoms with van der Waals surface area (Å²) in [6, 6.07) is 14.0. The van der Waals surface area contributed by atoms with Gasteiger partial charge in [-0.1, -0.05) is 54.1 Å². The first-order chi connectivity index (χ1) is 19.7. The Balaban J connectivity index is 1.63. The van der Waals surface area contributed by atoms with Gasteiger partial charge >= 0.3 is 5.97 Å². The number of ether oxygens (including phenoxy) is 2. The monoisotopic (exact) mass is 578 g/mol. The van der Waals surface area contributed by atoms with Crippen LogP contribution in [-0.2, 0) is 23.9 Å². The first-order valence-corrected chi connectivity index (χ1v) is 14.2. The van der Waals surface area contributed by atoms with Crippen LogP contribution in [0.3, 0.4) is 0 Å². The van der Waals surface area contributed by atoms with Crippen molar-refractivity contribution in [3.63, 3.8) is 0 Å². The Labute approximate surface area is 245 Å². The summed E-state index contributed by atoms with van der Waals surface area (Å²) in [7, 11) is 0. The summed E-state index contributed by atoms with van der Waals surface area (Å²) in [5.41, 5.74) is -1.00. The molecule has 41 heavy (non-hydrogen) atoms. The van der Waals surface area contributed by atoms with Gasteiger partial charge in [0.15, 0.2) is 0 Å². The second-order valence-electron chi connectivity index (χ2n) is 11.0. The van der Waals surface area contributed by atoms with Gasteiger partial charge < -0.3 is 24.4 Å². The number of anilines is 1. The molecule has 2 bridgehead atoms. The first kappa shape index (κ1) is 29.0. The zero-order valence-electron chi connectivity index (χ0n) is 23.1. The lowest BCUT2D eigenvalue weighted by atomic mass is 9.66. The molecular formula is C32H35ClN2O6. The van der Waals surface area contributed by atoms with Crippen LogP contribution in [0, 0.1) is 11.8 Å². The molecule has 3 saturated heterocycles. The average Bonchev–Trinajstić information content (AvgIpc) is 3.54. The second-order valence-corrected chi connectivity index (χ2v) is 11.5. The molecule has 1 N–H and O–H groups in total. The number of likely N-dealkylation sites (tertiary alicyclic amines) is 1. The van der Waals surface area contributed by atoms with Crippen molar-refractivity contribution in [1.29, 1.82) is 0 Å². The van der Waals surface area contributed by atoms with E-state index in [0.29, 0.717) is 35.5 Å². The minimum atomic E-state index is -1.28. The molecule has 0 aromatic heterocycles. The maximum Gasteiger partial charge on any atom is 0.312 e. The number of nitrogens with zero attached hydrogens (tertiary/aromatic N) is 2. The predicted molar refractivity (Wildman–Crippen MR) is 155 cm³/mol. The highest BCUT2D eigenvalue weighted by Gasteiger charge is 2.79.